The van der Waals surface area contributed by atoms with Crippen LogP contribution in [0.1, 0.15) is 15.9 Å². The number of nitrogens with one attached hydrogen (secondary N) is 2. The number of nitrogens with zero attached hydrogens (tertiary/aromatic N) is 1. The lowest BCUT2D eigenvalue weighted by atomic mass is 10.2. The Morgan fingerprint density at radius 3 is 2.25 bits per heavy atom. The van der Waals surface area contributed by atoms with Crippen LogP contribution in [0.5, 0.6) is 0 Å². The second-order valence-corrected chi connectivity index (χ2v) is 9.42. The number of amides is 2. The molecule has 0 spiro atoms. The standard InChI is InChI=1S/C23H22ClN3O4S/c1-16-8-13-21(20(24)14-16)26-22(28)15-25-23(29)17-9-11-19(12-10-17)32(30,31)27(2)18-6-4-3-5-7-18/h3-14H,15H2,1-2H3,(H,25,29)(H,26,28). The van der Waals surface area contributed by atoms with Crippen LogP contribution < -0.4 is 14.9 Å². The maximum Gasteiger partial charge on any atom is 0.264 e. The van der Waals surface area contributed by atoms with Crippen molar-refractivity contribution >= 4 is 44.8 Å². The fourth-order valence-corrected chi connectivity index (χ4v) is 4.37. The summed E-state index contributed by atoms with van der Waals surface area (Å²) in [7, 11) is -2.31. The van der Waals surface area contributed by atoms with Crippen molar-refractivity contribution in [3.05, 3.63) is 88.9 Å². The van der Waals surface area contributed by atoms with Crippen molar-refractivity contribution in [2.75, 3.05) is 23.2 Å². The number of carbonyl (C=O) groups excluding carboxylic acids is 2. The molecule has 0 aliphatic carbocycles. The zero-order valence-corrected chi connectivity index (χ0v) is 19.1. The highest BCUT2D eigenvalue weighted by molar-refractivity contribution is 7.92. The summed E-state index contributed by atoms with van der Waals surface area (Å²) in [6.45, 7) is 1.62. The molecule has 2 N–H and O–H groups in total. The van der Waals surface area contributed by atoms with Gasteiger partial charge in [0.2, 0.25) is 5.91 Å². The lowest BCUT2D eigenvalue weighted by Crippen LogP contribution is -2.33. The molecular weight excluding hydrogens is 450 g/mol. The van der Waals surface area contributed by atoms with E-state index in [4.69, 9.17) is 11.6 Å². The Labute approximate surface area is 192 Å². The Bertz CT molecular complexity index is 1230. The molecule has 0 atom stereocenters. The molecule has 9 heteroatoms. The first-order valence-corrected chi connectivity index (χ1v) is 11.5. The summed E-state index contributed by atoms with van der Waals surface area (Å²) in [5.41, 5.74) is 2.16. The van der Waals surface area contributed by atoms with Crippen molar-refractivity contribution in [2.45, 2.75) is 11.8 Å². The molecule has 0 bridgehead atoms. The van der Waals surface area contributed by atoms with Gasteiger partial charge >= 0.3 is 0 Å². The average Bonchev–Trinajstić information content (AvgIpc) is 2.79. The van der Waals surface area contributed by atoms with Crippen LogP contribution in [0.15, 0.2) is 77.7 Å². The van der Waals surface area contributed by atoms with Gasteiger partial charge in [0, 0.05) is 12.6 Å². The van der Waals surface area contributed by atoms with E-state index in [1.807, 2.05) is 13.0 Å². The lowest BCUT2D eigenvalue weighted by Gasteiger charge is -2.19. The molecule has 0 radical (unpaired) electrons. The first-order chi connectivity index (χ1) is 15.2. The topological polar surface area (TPSA) is 95.6 Å². The van der Waals surface area contributed by atoms with Gasteiger partial charge in [0.25, 0.3) is 15.9 Å². The molecule has 0 aliphatic rings. The average molecular weight is 472 g/mol. The monoisotopic (exact) mass is 471 g/mol. The number of benzene rings is 3. The van der Waals surface area contributed by atoms with Crippen LogP contribution in [0.2, 0.25) is 5.02 Å². The summed E-state index contributed by atoms with van der Waals surface area (Å²) in [4.78, 5) is 24.5. The van der Waals surface area contributed by atoms with E-state index in [0.29, 0.717) is 16.4 Å². The van der Waals surface area contributed by atoms with Crippen LogP contribution >= 0.6 is 11.6 Å². The maximum atomic E-state index is 12.8. The number of sulfonamides is 1. The predicted molar refractivity (Wildman–Crippen MR) is 126 cm³/mol. The van der Waals surface area contributed by atoms with E-state index in [2.05, 4.69) is 10.6 Å². The highest BCUT2D eigenvalue weighted by Gasteiger charge is 2.21. The fourth-order valence-electron chi connectivity index (χ4n) is 2.89. The van der Waals surface area contributed by atoms with Crippen LogP contribution in [-0.4, -0.2) is 33.8 Å². The van der Waals surface area contributed by atoms with Gasteiger partial charge in [-0.15, -0.1) is 0 Å². The number of hydrogen-bond acceptors (Lipinski definition) is 4. The summed E-state index contributed by atoms with van der Waals surface area (Å²) in [5, 5.41) is 5.54. The third kappa shape index (κ3) is 5.46. The van der Waals surface area contributed by atoms with E-state index in [1.54, 1.807) is 42.5 Å². The minimum Gasteiger partial charge on any atom is -0.343 e. The van der Waals surface area contributed by atoms with Crippen molar-refractivity contribution in [3.8, 4) is 0 Å². The minimum atomic E-state index is -3.78. The summed E-state index contributed by atoms with van der Waals surface area (Å²) >= 11 is 6.09. The van der Waals surface area contributed by atoms with Gasteiger partial charge in [0.05, 0.1) is 27.8 Å². The zero-order valence-electron chi connectivity index (χ0n) is 17.5. The number of hydrogen-bond donors (Lipinski definition) is 2. The molecule has 166 valence electrons. The number of aryl methyl sites for hydroxylation is 1. The molecule has 2 amide bonds. The second-order valence-electron chi connectivity index (χ2n) is 7.05. The smallest absolute Gasteiger partial charge is 0.264 e. The first-order valence-electron chi connectivity index (χ1n) is 9.67. The van der Waals surface area contributed by atoms with Gasteiger partial charge in [-0.3, -0.25) is 13.9 Å². The highest BCUT2D eigenvalue weighted by Crippen LogP contribution is 2.23. The lowest BCUT2D eigenvalue weighted by molar-refractivity contribution is -0.115. The van der Waals surface area contributed by atoms with Crippen molar-refractivity contribution in [2.24, 2.45) is 0 Å². The molecule has 32 heavy (non-hydrogen) atoms. The Morgan fingerprint density at radius 2 is 1.62 bits per heavy atom. The number of anilines is 2. The van der Waals surface area contributed by atoms with Crippen LogP contribution in [0.4, 0.5) is 11.4 Å². The highest BCUT2D eigenvalue weighted by atomic mass is 35.5. The molecule has 3 rings (SSSR count). The molecule has 0 aliphatic heterocycles. The van der Waals surface area contributed by atoms with E-state index in [0.717, 1.165) is 5.56 Å². The Hall–Kier alpha value is -3.36. The third-order valence-corrected chi connectivity index (χ3v) is 6.82. The molecule has 0 saturated carbocycles. The zero-order chi connectivity index (χ0) is 23.3. The minimum absolute atomic E-state index is 0.0483. The summed E-state index contributed by atoms with van der Waals surface area (Å²) in [6.07, 6.45) is 0. The molecule has 0 unspecified atom stereocenters. The number of para-hydroxylation sites is 1. The van der Waals surface area contributed by atoms with Crippen molar-refractivity contribution in [1.29, 1.82) is 0 Å². The molecule has 3 aromatic carbocycles. The van der Waals surface area contributed by atoms with E-state index >= 15 is 0 Å². The van der Waals surface area contributed by atoms with Gasteiger partial charge in [-0.1, -0.05) is 35.9 Å². The van der Waals surface area contributed by atoms with E-state index < -0.39 is 21.8 Å². The van der Waals surface area contributed by atoms with Gasteiger partial charge in [0.1, 0.15) is 0 Å². The van der Waals surface area contributed by atoms with E-state index in [9.17, 15) is 18.0 Å². The molecule has 0 aromatic heterocycles. The van der Waals surface area contributed by atoms with Crippen LogP contribution in [0, 0.1) is 6.92 Å². The normalized spacial score (nSPS) is 11.0. The second kappa shape index (κ2) is 9.84. The number of carbonyl (C=O) groups is 2. The van der Waals surface area contributed by atoms with Crippen molar-refractivity contribution < 1.29 is 18.0 Å². The van der Waals surface area contributed by atoms with Gasteiger partial charge in [-0.2, -0.15) is 0 Å². The molecule has 0 heterocycles. The number of halogens is 1. The van der Waals surface area contributed by atoms with E-state index in [-0.39, 0.29) is 17.0 Å². The Kier molecular flexibility index (Phi) is 7.17. The SMILES string of the molecule is Cc1ccc(NC(=O)CNC(=O)c2ccc(S(=O)(=O)N(C)c3ccccc3)cc2)c(Cl)c1. The maximum absolute atomic E-state index is 12.8. The largest absolute Gasteiger partial charge is 0.343 e. The van der Waals surface area contributed by atoms with Crippen molar-refractivity contribution in [1.82, 2.24) is 5.32 Å². The van der Waals surface area contributed by atoms with Crippen molar-refractivity contribution in [3.63, 3.8) is 0 Å². The third-order valence-electron chi connectivity index (χ3n) is 4.70. The van der Waals surface area contributed by atoms with E-state index in [1.165, 1.54) is 35.6 Å². The molecule has 3 aromatic rings. The quantitative estimate of drug-likeness (QED) is 0.547. The summed E-state index contributed by atoms with van der Waals surface area (Å²) in [6, 6.07) is 19.4. The van der Waals surface area contributed by atoms with Crippen LogP contribution in [0.3, 0.4) is 0 Å². The Balaban J connectivity index is 1.61. The number of rotatable bonds is 7. The Morgan fingerprint density at radius 1 is 0.969 bits per heavy atom. The molecule has 7 nitrogen and oxygen atoms in total. The van der Waals surface area contributed by atoms with Crippen LogP contribution in [-0.2, 0) is 14.8 Å². The van der Waals surface area contributed by atoms with Crippen LogP contribution in [0.25, 0.3) is 0 Å². The first kappa shape index (κ1) is 23.3. The fraction of sp³-hybridized carbons (Fsp3) is 0.130. The van der Waals surface area contributed by atoms with Gasteiger partial charge in [-0.05, 0) is 61.0 Å². The predicted octanol–water partition coefficient (Wildman–Crippen LogP) is 3.84. The summed E-state index contributed by atoms with van der Waals surface area (Å²) < 4.78 is 26.8. The van der Waals surface area contributed by atoms with Gasteiger partial charge in [-0.25, -0.2) is 8.42 Å². The van der Waals surface area contributed by atoms with Gasteiger partial charge in [0.15, 0.2) is 0 Å². The van der Waals surface area contributed by atoms with Gasteiger partial charge < -0.3 is 10.6 Å². The molecular formula is C23H22ClN3O4S. The molecule has 0 fully saturated rings. The summed E-state index contributed by atoms with van der Waals surface area (Å²) in [5.74, 6) is -0.941. The molecule has 0 saturated heterocycles.